The van der Waals surface area contributed by atoms with Crippen LogP contribution in [0.4, 0.5) is 0 Å². The number of esters is 1. The van der Waals surface area contributed by atoms with Crippen molar-refractivity contribution in [1.29, 1.82) is 0 Å². The van der Waals surface area contributed by atoms with E-state index < -0.39 is 18.4 Å². The topological polar surface area (TPSA) is 71.1 Å². The van der Waals surface area contributed by atoms with Crippen molar-refractivity contribution >= 4 is 11.8 Å². The maximum absolute atomic E-state index is 12.0. The van der Waals surface area contributed by atoms with E-state index in [1.54, 1.807) is 18.2 Å². The lowest BCUT2D eigenvalue weighted by atomic mass is 9.99. The molecule has 0 bridgehead atoms. The van der Waals surface area contributed by atoms with Crippen LogP contribution < -0.4 is 9.47 Å². The molecule has 1 aliphatic rings. The minimum atomic E-state index is -0.761. The number of hydrogen-bond donors (Lipinski definition) is 0. The molecule has 1 aromatic carbocycles. The van der Waals surface area contributed by atoms with Crippen LogP contribution in [-0.4, -0.2) is 32.3 Å². The van der Waals surface area contributed by atoms with Gasteiger partial charge in [0.15, 0.2) is 17.3 Å². The van der Waals surface area contributed by atoms with Crippen molar-refractivity contribution in [2.24, 2.45) is 0 Å². The molecule has 6 nitrogen and oxygen atoms in total. The van der Waals surface area contributed by atoms with Crippen molar-refractivity contribution in [3.63, 3.8) is 0 Å². The van der Waals surface area contributed by atoms with Crippen molar-refractivity contribution in [3.8, 4) is 11.5 Å². The van der Waals surface area contributed by atoms with Crippen LogP contribution in [0.3, 0.4) is 0 Å². The molecule has 0 aromatic heterocycles. The van der Waals surface area contributed by atoms with Gasteiger partial charge in [0, 0.05) is 19.8 Å². The highest BCUT2D eigenvalue weighted by Gasteiger charge is 2.32. The van der Waals surface area contributed by atoms with Gasteiger partial charge >= 0.3 is 5.97 Å². The maximum Gasteiger partial charge on any atom is 0.304 e. The van der Waals surface area contributed by atoms with E-state index in [0.29, 0.717) is 29.9 Å². The predicted molar refractivity (Wildman–Crippen MR) is 73.2 cm³/mol. The number of Topliss-reactive ketones (excluding diaryl/α,β-unsaturated/α-hetero) is 1. The first-order chi connectivity index (χ1) is 10.0. The fraction of sp³-hybridized carbons (Fsp3) is 0.467. The molecule has 6 heteroatoms. The summed E-state index contributed by atoms with van der Waals surface area (Å²) in [7, 11) is 3.06. The van der Waals surface area contributed by atoms with E-state index in [-0.39, 0.29) is 5.78 Å². The second-order valence-electron chi connectivity index (χ2n) is 4.67. The molecule has 0 spiro atoms. The fourth-order valence-corrected chi connectivity index (χ4v) is 2.24. The lowest BCUT2D eigenvalue weighted by Crippen LogP contribution is -2.32. The Balaban J connectivity index is 2.22. The number of rotatable bonds is 4. The van der Waals surface area contributed by atoms with Crippen molar-refractivity contribution in [2.45, 2.75) is 32.2 Å². The summed E-state index contributed by atoms with van der Waals surface area (Å²) in [6, 6.07) is 5.14. The lowest BCUT2D eigenvalue weighted by Gasteiger charge is -2.28. The summed E-state index contributed by atoms with van der Waals surface area (Å²) in [5, 5.41) is 0. The predicted octanol–water partition coefficient (Wildman–Crippen LogP) is 2.01. The zero-order chi connectivity index (χ0) is 15.4. The molecule has 1 aliphatic heterocycles. The minimum absolute atomic E-state index is 0.0504. The molecule has 114 valence electrons. The summed E-state index contributed by atoms with van der Waals surface area (Å²) in [4.78, 5) is 23.0. The third-order valence-corrected chi connectivity index (χ3v) is 3.21. The van der Waals surface area contributed by atoms with Gasteiger partial charge in [0.05, 0.1) is 14.2 Å². The zero-order valence-corrected chi connectivity index (χ0v) is 12.3. The molecule has 2 unspecified atom stereocenters. The third kappa shape index (κ3) is 3.52. The SMILES string of the molecule is COc1ccc(C2OC(OC(C)=O)CCC2=O)cc1OC. The van der Waals surface area contributed by atoms with Gasteiger partial charge in [-0.25, -0.2) is 0 Å². The van der Waals surface area contributed by atoms with Crippen LogP contribution in [0.25, 0.3) is 0 Å². The van der Waals surface area contributed by atoms with Gasteiger partial charge in [0.1, 0.15) is 6.10 Å². The van der Waals surface area contributed by atoms with Gasteiger partial charge in [0.25, 0.3) is 0 Å². The van der Waals surface area contributed by atoms with Gasteiger partial charge in [0.2, 0.25) is 6.29 Å². The molecule has 0 radical (unpaired) electrons. The van der Waals surface area contributed by atoms with Gasteiger partial charge in [-0.3, -0.25) is 9.59 Å². The molecule has 21 heavy (non-hydrogen) atoms. The maximum atomic E-state index is 12.0. The third-order valence-electron chi connectivity index (χ3n) is 3.21. The van der Waals surface area contributed by atoms with E-state index in [0.717, 1.165) is 0 Å². The highest BCUT2D eigenvalue weighted by atomic mass is 16.7. The van der Waals surface area contributed by atoms with Crippen LogP contribution in [0.2, 0.25) is 0 Å². The highest BCUT2D eigenvalue weighted by molar-refractivity contribution is 5.85. The second kappa shape index (κ2) is 6.58. The van der Waals surface area contributed by atoms with Crippen molar-refractivity contribution < 1.29 is 28.5 Å². The Hall–Kier alpha value is -2.08. The normalized spacial score (nSPS) is 21.8. The highest BCUT2D eigenvalue weighted by Crippen LogP contribution is 2.34. The summed E-state index contributed by atoms with van der Waals surface area (Å²) in [5.74, 6) is 0.605. The Kier molecular flexibility index (Phi) is 4.80. The van der Waals surface area contributed by atoms with Crippen molar-refractivity contribution in [2.75, 3.05) is 14.2 Å². The van der Waals surface area contributed by atoms with Crippen LogP contribution >= 0.6 is 0 Å². The Bertz CT molecular complexity index is 539. The summed E-state index contributed by atoms with van der Waals surface area (Å²) in [6.07, 6.45) is -0.777. The van der Waals surface area contributed by atoms with E-state index >= 15 is 0 Å². The summed E-state index contributed by atoms with van der Waals surface area (Å²) < 4.78 is 21.0. The lowest BCUT2D eigenvalue weighted by molar-refractivity contribution is -0.202. The number of carbonyl (C=O) groups is 2. The first-order valence-electron chi connectivity index (χ1n) is 6.62. The monoisotopic (exact) mass is 294 g/mol. The number of ketones is 1. The average molecular weight is 294 g/mol. The zero-order valence-electron chi connectivity index (χ0n) is 12.3. The Morgan fingerprint density at radius 3 is 2.57 bits per heavy atom. The summed E-state index contributed by atoms with van der Waals surface area (Å²) in [5.41, 5.74) is 0.648. The molecular formula is C15H18O6. The summed E-state index contributed by atoms with van der Waals surface area (Å²) in [6.45, 7) is 1.31. The van der Waals surface area contributed by atoms with Gasteiger partial charge in [-0.05, 0) is 17.7 Å². The van der Waals surface area contributed by atoms with Crippen LogP contribution in [0.1, 0.15) is 31.4 Å². The van der Waals surface area contributed by atoms with Crippen LogP contribution in [0.5, 0.6) is 11.5 Å². The number of methoxy groups -OCH3 is 2. The molecule has 0 N–H and O–H groups in total. The van der Waals surface area contributed by atoms with E-state index in [2.05, 4.69) is 0 Å². The van der Waals surface area contributed by atoms with Gasteiger partial charge in [-0.15, -0.1) is 0 Å². The fourth-order valence-electron chi connectivity index (χ4n) is 2.24. The number of benzene rings is 1. The van der Waals surface area contributed by atoms with Crippen molar-refractivity contribution in [1.82, 2.24) is 0 Å². The van der Waals surface area contributed by atoms with E-state index in [4.69, 9.17) is 18.9 Å². The Morgan fingerprint density at radius 1 is 1.24 bits per heavy atom. The smallest absolute Gasteiger partial charge is 0.304 e. The van der Waals surface area contributed by atoms with Gasteiger partial charge in [-0.2, -0.15) is 0 Å². The first kappa shape index (κ1) is 15.3. The van der Waals surface area contributed by atoms with E-state index in [1.807, 2.05) is 0 Å². The molecule has 0 amide bonds. The number of hydrogen-bond acceptors (Lipinski definition) is 6. The quantitative estimate of drug-likeness (QED) is 0.791. The number of ether oxygens (including phenoxy) is 4. The van der Waals surface area contributed by atoms with Crippen LogP contribution in [0, 0.1) is 0 Å². The second-order valence-corrected chi connectivity index (χ2v) is 4.67. The molecule has 1 heterocycles. The summed E-state index contributed by atoms with van der Waals surface area (Å²) >= 11 is 0. The molecule has 0 saturated carbocycles. The van der Waals surface area contributed by atoms with Crippen molar-refractivity contribution in [3.05, 3.63) is 23.8 Å². The molecular weight excluding hydrogens is 276 g/mol. The molecule has 0 aliphatic carbocycles. The number of carbonyl (C=O) groups excluding carboxylic acids is 2. The Labute approximate surface area is 122 Å². The van der Waals surface area contributed by atoms with Crippen LogP contribution in [-0.2, 0) is 19.1 Å². The molecule has 1 fully saturated rings. The van der Waals surface area contributed by atoms with Gasteiger partial charge < -0.3 is 18.9 Å². The average Bonchev–Trinajstić information content (AvgIpc) is 2.48. The Morgan fingerprint density at radius 2 is 1.95 bits per heavy atom. The first-order valence-corrected chi connectivity index (χ1v) is 6.62. The molecule has 2 atom stereocenters. The molecule has 1 saturated heterocycles. The minimum Gasteiger partial charge on any atom is -0.493 e. The standard InChI is InChI=1S/C15H18O6/c1-9(16)20-14-7-5-11(17)15(21-14)10-4-6-12(18-2)13(8-10)19-3/h4,6,8,14-15H,5,7H2,1-3H3. The van der Waals surface area contributed by atoms with E-state index in [9.17, 15) is 9.59 Å². The van der Waals surface area contributed by atoms with Crippen LogP contribution in [0.15, 0.2) is 18.2 Å². The largest absolute Gasteiger partial charge is 0.493 e. The molecule has 2 rings (SSSR count). The molecule has 1 aromatic rings. The van der Waals surface area contributed by atoms with Gasteiger partial charge in [-0.1, -0.05) is 6.07 Å². The van der Waals surface area contributed by atoms with E-state index in [1.165, 1.54) is 21.1 Å².